The largest absolute Gasteiger partial charge is 0.401 e. The molecule has 0 aliphatic rings. The summed E-state index contributed by atoms with van der Waals surface area (Å²) in [5.41, 5.74) is 21.6. The molecule has 0 aliphatic carbocycles. The maximum atomic E-state index is 5.26. The van der Waals surface area contributed by atoms with E-state index in [2.05, 4.69) is 0 Å². The first-order valence-corrected chi connectivity index (χ1v) is 2.28. The molecule has 0 aromatic heterocycles. The van der Waals surface area contributed by atoms with E-state index in [1.165, 1.54) is 0 Å². The number of rotatable bonds is 1. The highest BCUT2D eigenvalue weighted by Gasteiger charge is 1.97. The van der Waals surface area contributed by atoms with Gasteiger partial charge in [0.1, 0.15) is 0 Å². The molecule has 8 N–H and O–H groups in total. The first kappa shape index (κ1) is 7.26. The minimum Gasteiger partial charge on any atom is -0.401 e. The van der Waals surface area contributed by atoms with Gasteiger partial charge in [-0.3, -0.25) is 0 Å². The number of hydrogen-bond acceptors (Lipinski definition) is 4. The molecule has 0 unspecified atom stereocenters. The van der Waals surface area contributed by atoms with E-state index < -0.39 is 6.17 Å². The van der Waals surface area contributed by atoms with E-state index in [4.69, 9.17) is 22.9 Å². The Labute approximate surface area is 48.5 Å². The van der Waals surface area contributed by atoms with Crippen molar-refractivity contribution in [3.8, 4) is 0 Å². The Morgan fingerprint density at radius 3 is 1.62 bits per heavy atom. The van der Waals surface area contributed by atoms with Gasteiger partial charge in [0.05, 0.1) is 11.9 Å². The Morgan fingerprint density at radius 2 is 1.62 bits per heavy atom. The molecule has 48 valence electrons. The Hall–Kier alpha value is -0.740. The third-order valence-corrected chi connectivity index (χ3v) is 0.814. The van der Waals surface area contributed by atoms with Crippen LogP contribution in [-0.2, 0) is 0 Å². The van der Waals surface area contributed by atoms with Crippen LogP contribution in [0.1, 0.15) is 6.92 Å². The highest BCUT2D eigenvalue weighted by atomic mass is 14.9. The van der Waals surface area contributed by atoms with E-state index in [9.17, 15) is 0 Å². The first-order chi connectivity index (χ1) is 3.55. The van der Waals surface area contributed by atoms with E-state index in [0.717, 1.165) is 0 Å². The van der Waals surface area contributed by atoms with Gasteiger partial charge in [-0.05, 0) is 6.92 Å². The van der Waals surface area contributed by atoms with Gasteiger partial charge >= 0.3 is 0 Å². The van der Waals surface area contributed by atoms with Crippen LogP contribution >= 0.6 is 0 Å². The van der Waals surface area contributed by atoms with E-state index in [-0.39, 0.29) is 0 Å². The van der Waals surface area contributed by atoms with Crippen LogP contribution in [0.15, 0.2) is 11.4 Å². The summed E-state index contributed by atoms with van der Waals surface area (Å²) < 4.78 is 0. The zero-order chi connectivity index (χ0) is 6.73. The molecule has 0 rings (SSSR count). The van der Waals surface area contributed by atoms with Crippen molar-refractivity contribution in [3.63, 3.8) is 0 Å². The van der Waals surface area contributed by atoms with Gasteiger partial charge in [-0.1, -0.05) is 0 Å². The second-order valence-corrected chi connectivity index (χ2v) is 1.66. The lowest BCUT2D eigenvalue weighted by molar-refractivity contribution is 0.789. The fraction of sp³-hybridized carbons (Fsp3) is 0.500. The minimum absolute atomic E-state index is 0.352. The normalized spacial score (nSPS) is 14.0. The van der Waals surface area contributed by atoms with Crippen molar-refractivity contribution in [2.75, 3.05) is 0 Å². The third-order valence-electron chi connectivity index (χ3n) is 0.814. The molecular weight excluding hydrogens is 104 g/mol. The van der Waals surface area contributed by atoms with Crippen LogP contribution in [0.4, 0.5) is 0 Å². The van der Waals surface area contributed by atoms with Crippen LogP contribution in [0.2, 0.25) is 0 Å². The van der Waals surface area contributed by atoms with E-state index in [1.54, 1.807) is 6.92 Å². The van der Waals surface area contributed by atoms with Crippen LogP contribution in [0, 0.1) is 0 Å². The van der Waals surface area contributed by atoms with Gasteiger partial charge in [-0.2, -0.15) is 0 Å². The summed E-state index contributed by atoms with van der Waals surface area (Å²) in [4.78, 5) is 0. The predicted octanol–water partition coefficient (Wildman–Crippen LogP) is -1.62. The maximum Gasteiger partial charge on any atom is 0.0949 e. The molecule has 0 aromatic rings. The molecule has 0 aromatic carbocycles. The second-order valence-electron chi connectivity index (χ2n) is 1.66. The molecule has 0 amide bonds. The minimum atomic E-state index is -0.625. The van der Waals surface area contributed by atoms with Gasteiger partial charge in [-0.15, -0.1) is 0 Å². The molecule has 0 atom stereocenters. The van der Waals surface area contributed by atoms with Gasteiger partial charge in [0, 0.05) is 5.70 Å². The molecule has 0 spiro atoms. The van der Waals surface area contributed by atoms with E-state index in [0.29, 0.717) is 11.4 Å². The quantitative estimate of drug-likeness (QED) is 0.309. The SMILES string of the molecule is C/C(N)=C(\N)C(N)N. The Balaban J connectivity index is 4.00. The Morgan fingerprint density at radius 1 is 1.25 bits per heavy atom. The lowest BCUT2D eigenvalue weighted by atomic mass is 10.3. The molecule has 4 nitrogen and oxygen atoms in total. The fourth-order valence-corrected chi connectivity index (χ4v) is 0.263. The third kappa shape index (κ3) is 1.81. The Bertz CT molecular complexity index is 101. The molecule has 0 saturated heterocycles. The monoisotopic (exact) mass is 116 g/mol. The lowest BCUT2D eigenvalue weighted by Crippen LogP contribution is -2.37. The van der Waals surface area contributed by atoms with Crippen LogP contribution in [-0.4, -0.2) is 6.17 Å². The van der Waals surface area contributed by atoms with Crippen molar-refractivity contribution in [3.05, 3.63) is 11.4 Å². The van der Waals surface area contributed by atoms with Crippen LogP contribution in [0.3, 0.4) is 0 Å². The topological polar surface area (TPSA) is 104 Å². The first-order valence-electron chi connectivity index (χ1n) is 2.28. The highest BCUT2D eigenvalue weighted by molar-refractivity contribution is 5.08. The van der Waals surface area contributed by atoms with Gasteiger partial charge in [0.2, 0.25) is 0 Å². The zero-order valence-electron chi connectivity index (χ0n) is 4.89. The number of nitrogens with two attached hydrogens (primary N) is 4. The summed E-state index contributed by atoms with van der Waals surface area (Å²) in [6.45, 7) is 1.65. The molecule has 0 aliphatic heterocycles. The average molecular weight is 116 g/mol. The van der Waals surface area contributed by atoms with Crippen LogP contribution in [0.5, 0.6) is 0 Å². The Kier molecular flexibility index (Phi) is 2.30. The van der Waals surface area contributed by atoms with Crippen molar-refractivity contribution in [1.29, 1.82) is 0 Å². The number of allylic oxidation sites excluding steroid dienone is 1. The highest BCUT2D eigenvalue weighted by Crippen LogP contribution is 1.87. The van der Waals surface area contributed by atoms with Gasteiger partial charge in [0.15, 0.2) is 0 Å². The molecule has 0 heterocycles. The maximum absolute atomic E-state index is 5.26. The van der Waals surface area contributed by atoms with E-state index in [1.807, 2.05) is 0 Å². The standard InChI is InChI=1S/C4H12N4/c1-2(5)3(6)4(7)8/h4H,5-8H2,1H3/b3-2+. The molecular formula is C4H12N4. The van der Waals surface area contributed by atoms with Crippen molar-refractivity contribution < 1.29 is 0 Å². The van der Waals surface area contributed by atoms with Crippen molar-refractivity contribution in [2.24, 2.45) is 22.9 Å². The predicted molar refractivity (Wildman–Crippen MR) is 33.2 cm³/mol. The summed E-state index contributed by atoms with van der Waals surface area (Å²) in [5, 5.41) is 0. The summed E-state index contributed by atoms with van der Waals surface area (Å²) >= 11 is 0. The van der Waals surface area contributed by atoms with Gasteiger partial charge < -0.3 is 22.9 Å². The van der Waals surface area contributed by atoms with E-state index >= 15 is 0 Å². The molecule has 0 bridgehead atoms. The van der Waals surface area contributed by atoms with Crippen molar-refractivity contribution in [2.45, 2.75) is 13.1 Å². The van der Waals surface area contributed by atoms with Gasteiger partial charge in [-0.25, -0.2) is 0 Å². The number of hydrogen-bond donors (Lipinski definition) is 4. The summed E-state index contributed by atoms with van der Waals surface area (Å²) in [5.74, 6) is 0. The van der Waals surface area contributed by atoms with Crippen molar-refractivity contribution in [1.82, 2.24) is 0 Å². The smallest absolute Gasteiger partial charge is 0.0949 e. The summed E-state index contributed by atoms with van der Waals surface area (Å²) in [6.07, 6.45) is -0.625. The van der Waals surface area contributed by atoms with Crippen LogP contribution < -0.4 is 22.9 Å². The molecule has 0 saturated carbocycles. The summed E-state index contributed by atoms with van der Waals surface area (Å²) in [6, 6.07) is 0. The molecule has 0 fully saturated rings. The van der Waals surface area contributed by atoms with Crippen molar-refractivity contribution >= 4 is 0 Å². The molecule has 0 radical (unpaired) electrons. The molecule has 4 heteroatoms. The summed E-state index contributed by atoms with van der Waals surface area (Å²) in [7, 11) is 0. The lowest BCUT2D eigenvalue weighted by Gasteiger charge is -2.05. The van der Waals surface area contributed by atoms with Gasteiger partial charge in [0.25, 0.3) is 0 Å². The second kappa shape index (κ2) is 2.54. The fourth-order valence-electron chi connectivity index (χ4n) is 0.263. The molecule has 8 heavy (non-hydrogen) atoms. The average Bonchev–Trinajstić information content (AvgIpc) is 1.64. The van der Waals surface area contributed by atoms with Crippen LogP contribution in [0.25, 0.3) is 0 Å². The zero-order valence-corrected chi connectivity index (χ0v) is 4.89.